The number of aliphatic carboxylic acids is 1. The Labute approximate surface area is 168 Å². The Morgan fingerprint density at radius 3 is 2.58 bits per heavy atom. The number of thioether (sulfide) groups is 1. The molecule has 1 aliphatic heterocycles. The van der Waals surface area contributed by atoms with Crippen LogP contribution in [0.1, 0.15) is 26.3 Å². The van der Waals surface area contributed by atoms with Crippen LogP contribution in [0.3, 0.4) is 0 Å². The third-order valence-electron chi connectivity index (χ3n) is 3.31. The molecule has 0 bridgehead atoms. The summed E-state index contributed by atoms with van der Waals surface area (Å²) in [5, 5.41) is 8.51. The van der Waals surface area contributed by atoms with Crippen molar-refractivity contribution in [1.29, 1.82) is 0 Å². The molecule has 26 heavy (non-hydrogen) atoms. The fraction of sp³-hybridized carbons (Fsp3) is 0.353. The van der Waals surface area contributed by atoms with Crippen LogP contribution in [0.4, 0.5) is 4.79 Å². The van der Waals surface area contributed by atoms with Gasteiger partial charge in [-0.25, -0.2) is 4.79 Å². The van der Waals surface area contributed by atoms with E-state index < -0.39 is 12.6 Å². The van der Waals surface area contributed by atoms with Crippen molar-refractivity contribution in [3.05, 3.63) is 26.2 Å². The van der Waals surface area contributed by atoms with Crippen molar-refractivity contribution in [2.24, 2.45) is 0 Å². The molecule has 1 N–H and O–H groups in total. The highest BCUT2D eigenvalue weighted by atomic mass is 127. The molecule has 1 fully saturated rings. The zero-order valence-corrected chi connectivity index (χ0v) is 17.4. The zero-order chi connectivity index (χ0) is 19.4. The highest BCUT2D eigenvalue weighted by Crippen LogP contribution is 2.37. The van der Waals surface area contributed by atoms with Crippen LogP contribution in [0, 0.1) is 3.57 Å². The molecule has 0 saturated carbocycles. The van der Waals surface area contributed by atoms with E-state index in [4.69, 9.17) is 14.6 Å². The van der Waals surface area contributed by atoms with Gasteiger partial charge in [-0.1, -0.05) is 0 Å². The number of carboxylic acid groups (broad SMARTS) is 1. The summed E-state index contributed by atoms with van der Waals surface area (Å²) in [6.45, 7) is 5.25. The van der Waals surface area contributed by atoms with Crippen LogP contribution >= 0.6 is 34.4 Å². The largest absolute Gasteiger partial charge is 0.490 e. The molecule has 7 nitrogen and oxygen atoms in total. The normalized spacial score (nSPS) is 15.9. The molecule has 1 aromatic rings. The standard InChI is InChI=1S/C17H18INO6S/c1-4-24-12-6-10(5-11(18)15(12)25-8-14(20)21)7-13-16(22)19(9(2)3)17(23)26-13/h5-7,9H,4,8H2,1-3H3,(H,20,21)/b13-7+. The third-order valence-corrected chi connectivity index (χ3v) is 4.99. The predicted octanol–water partition coefficient (Wildman–Crippen LogP) is 3.60. The van der Waals surface area contributed by atoms with Gasteiger partial charge in [0.05, 0.1) is 15.1 Å². The van der Waals surface area contributed by atoms with Gasteiger partial charge in [0.1, 0.15) is 0 Å². The molecule has 1 aliphatic rings. The van der Waals surface area contributed by atoms with Gasteiger partial charge >= 0.3 is 5.97 Å². The maximum absolute atomic E-state index is 12.4. The van der Waals surface area contributed by atoms with E-state index in [1.807, 2.05) is 22.6 Å². The topological polar surface area (TPSA) is 93.1 Å². The molecular weight excluding hydrogens is 473 g/mol. The number of rotatable bonds is 7. The molecular formula is C17H18INO6S. The summed E-state index contributed by atoms with van der Waals surface area (Å²) in [4.78, 5) is 36.7. The lowest BCUT2D eigenvalue weighted by molar-refractivity contribution is -0.139. The van der Waals surface area contributed by atoms with Crippen molar-refractivity contribution in [2.45, 2.75) is 26.8 Å². The number of carbonyl (C=O) groups excluding carboxylic acids is 2. The van der Waals surface area contributed by atoms with Gasteiger partial charge in [-0.15, -0.1) is 0 Å². The van der Waals surface area contributed by atoms with Gasteiger partial charge in [0.25, 0.3) is 11.1 Å². The van der Waals surface area contributed by atoms with E-state index in [1.165, 1.54) is 4.90 Å². The summed E-state index contributed by atoms with van der Waals surface area (Å²) in [6.07, 6.45) is 1.62. The molecule has 0 atom stereocenters. The van der Waals surface area contributed by atoms with Crippen molar-refractivity contribution < 1.29 is 29.0 Å². The van der Waals surface area contributed by atoms with E-state index in [2.05, 4.69) is 0 Å². The highest BCUT2D eigenvalue weighted by molar-refractivity contribution is 14.1. The van der Waals surface area contributed by atoms with E-state index in [0.29, 0.717) is 32.1 Å². The lowest BCUT2D eigenvalue weighted by Gasteiger charge is -2.16. The molecule has 0 aliphatic carbocycles. The molecule has 2 amide bonds. The summed E-state index contributed by atoms with van der Waals surface area (Å²) in [5.41, 5.74) is 0.662. The van der Waals surface area contributed by atoms with Crippen LogP contribution in [-0.4, -0.2) is 46.4 Å². The number of carbonyl (C=O) groups is 3. The van der Waals surface area contributed by atoms with Crippen molar-refractivity contribution in [3.63, 3.8) is 0 Å². The lowest BCUT2D eigenvalue weighted by Crippen LogP contribution is -2.34. The predicted molar refractivity (Wildman–Crippen MR) is 106 cm³/mol. The maximum Gasteiger partial charge on any atom is 0.341 e. The van der Waals surface area contributed by atoms with E-state index >= 15 is 0 Å². The Hall–Kier alpha value is -1.75. The molecule has 0 radical (unpaired) electrons. The first-order valence-electron chi connectivity index (χ1n) is 7.82. The summed E-state index contributed by atoms with van der Waals surface area (Å²) in [6, 6.07) is 3.19. The van der Waals surface area contributed by atoms with Gasteiger partial charge in [-0.05, 0) is 78.9 Å². The number of hydrogen-bond donors (Lipinski definition) is 1. The molecule has 0 spiro atoms. The van der Waals surface area contributed by atoms with Crippen molar-refractivity contribution in [1.82, 2.24) is 4.90 Å². The minimum Gasteiger partial charge on any atom is -0.490 e. The Morgan fingerprint density at radius 1 is 1.35 bits per heavy atom. The van der Waals surface area contributed by atoms with Gasteiger partial charge < -0.3 is 14.6 Å². The number of nitrogens with zero attached hydrogens (tertiary/aromatic N) is 1. The fourth-order valence-corrected chi connectivity index (χ4v) is 4.03. The van der Waals surface area contributed by atoms with Crippen molar-refractivity contribution >= 4 is 57.5 Å². The van der Waals surface area contributed by atoms with Gasteiger partial charge in [-0.2, -0.15) is 0 Å². The summed E-state index contributed by atoms with van der Waals surface area (Å²) < 4.78 is 11.5. The molecule has 2 rings (SSSR count). The van der Waals surface area contributed by atoms with Gasteiger partial charge in [0.2, 0.25) is 0 Å². The van der Waals surface area contributed by atoms with E-state index in [-0.39, 0.29) is 17.2 Å². The minimum absolute atomic E-state index is 0.209. The van der Waals surface area contributed by atoms with E-state index in [9.17, 15) is 14.4 Å². The van der Waals surface area contributed by atoms with Crippen molar-refractivity contribution in [2.75, 3.05) is 13.2 Å². The first-order valence-corrected chi connectivity index (χ1v) is 9.72. The SMILES string of the molecule is CCOc1cc(/C=C2/SC(=O)N(C(C)C)C2=O)cc(I)c1OCC(=O)O. The summed E-state index contributed by atoms with van der Waals surface area (Å²) in [7, 11) is 0. The van der Waals surface area contributed by atoms with E-state index in [1.54, 1.807) is 39.0 Å². The number of imide groups is 1. The number of amides is 2. The first kappa shape index (κ1) is 20.6. The van der Waals surface area contributed by atoms with Gasteiger partial charge in [0, 0.05) is 6.04 Å². The Kier molecular flexibility index (Phi) is 6.93. The maximum atomic E-state index is 12.4. The van der Waals surface area contributed by atoms with Crippen LogP contribution < -0.4 is 9.47 Å². The van der Waals surface area contributed by atoms with Crippen LogP contribution in [0.5, 0.6) is 11.5 Å². The average molecular weight is 491 g/mol. The molecule has 0 unspecified atom stereocenters. The summed E-state index contributed by atoms with van der Waals surface area (Å²) in [5.74, 6) is -0.693. The monoisotopic (exact) mass is 491 g/mol. The fourth-order valence-electron chi connectivity index (χ4n) is 2.28. The molecule has 1 heterocycles. The number of hydrogen-bond acceptors (Lipinski definition) is 6. The van der Waals surface area contributed by atoms with Gasteiger partial charge in [0.15, 0.2) is 18.1 Å². The van der Waals surface area contributed by atoms with Crippen LogP contribution in [0.25, 0.3) is 6.08 Å². The van der Waals surface area contributed by atoms with E-state index in [0.717, 1.165) is 11.8 Å². The Bertz CT molecular complexity index is 777. The lowest BCUT2D eigenvalue weighted by atomic mass is 10.1. The first-order chi connectivity index (χ1) is 12.2. The smallest absolute Gasteiger partial charge is 0.341 e. The van der Waals surface area contributed by atoms with Crippen molar-refractivity contribution in [3.8, 4) is 11.5 Å². The molecule has 140 valence electrons. The minimum atomic E-state index is -1.09. The number of benzene rings is 1. The second-order valence-corrected chi connectivity index (χ2v) is 7.75. The number of carboxylic acids is 1. The number of halogens is 1. The van der Waals surface area contributed by atoms with Crippen LogP contribution in [0.15, 0.2) is 17.0 Å². The second kappa shape index (κ2) is 8.76. The van der Waals surface area contributed by atoms with Crippen LogP contribution in [-0.2, 0) is 9.59 Å². The molecule has 9 heteroatoms. The molecule has 0 aromatic heterocycles. The molecule has 1 aromatic carbocycles. The van der Waals surface area contributed by atoms with Crippen LogP contribution in [0.2, 0.25) is 0 Å². The third kappa shape index (κ3) is 4.70. The van der Waals surface area contributed by atoms with Gasteiger partial charge in [-0.3, -0.25) is 14.5 Å². The Balaban J connectivity index is 2.37. The second-order valence-electron chi connectivity index (χ2n) is 5.59. The zero-order valence-electron chi connectivity index (χ0n) is 14.4. The Morgan fingerprint density at radius 2 is 2.04 bits per heavy atom. The molecule has 1 saturated heterocycles. The quantitative estimate of drug-likeness (QED) is 0.460. The number of ether oxygens (including phenoxy) is 2. The average Bonchev–Trinajstić information content (AvgIpc) is 2.80. The highest BCUT2D eigenvalue weighted by Gasteiger charge is 2.36. The summed E-state index contributed by atoms with van der Waals surface area (Å²) >= 11 is 2.91.